The number of hydrogen-bond acceptors (Lipinski definition) is 3. The summed E-state index contributed by atoms with van der Waals surface area (Å²) >= 11 is 6.15. The molecular weight excluding hydrogens is 340 g/mol. The smallest absolute Gasteiger partial charge is 0.340 e. The zero-order valence-electron chi connectivity index (χ0n) is 13.9. The molecule has 0 saturated carbocycles. The first kappa shape index (κ1) is 17.0. The van der Waals surface area contributed by atoms with Gasteiger partial charge in [-0.2, -0.15) is 0 Å². The third-order valence-corrected chi connectivity index (χ3v) is 4.31. The van der Waals surface area contributed by atoms with E-state index in [0.717, 1.165) is 16.5 Å². The van der Waals surface area contributed by atoms with Crippen molar-refractivity contribution in [1.82, 2.24) is 4.57 Å². The largest absolute Gasteiger partial charge is 0.465 e. The summed E-state index contributed by atoms with van der Waals surface area (Å²) < 4.78 is 6.54. The standard InChI is InChI=1S/C19H17ClN2O3/c1-12-6-5-8-15(20)18(12)21-17(23)11-22-10-14(19(24)25-2)13-7-3-4-9-16(13)22/h3-10H,11H2,1-2H3,(H,21,23). The molecular formula is C19H17ClN2O3. The highest BCUT2D eigenvalue weighted by molar-refractivity contribution is 6.33. The van der Waals surface area contributed by atoms with Crippen LogP contribution in [0.2, 0.25) is 5.02 Å². The summed E-state index contributed by atoms with van der Waals surface area (Å²) in [6.07, 6.45) is 1.63. The van der Waals surface area contributed by atoms with E-state index >= 15 is 0 Å². The molecule has 5 nitrogen and oxygen atoms in total. The SMILES string of the molecule is COC(=O)c1cn(CC(=O)Nc2c(C)cccc2Cl)c2ccccc12. The van der Waals surface area contributed by atoms with Gasteiger partial charge in [0.1, 0.15) is 6.54 Å². The van der Waals surface area contributed by atoms with E-state index in [0.29, 0.717) is 16.3 Å². The number of aromatic nitrogens is 1. The molecule has 1 heterocycles. The fourth-order valence-corrected chi connectivity index (χ4v) is 3.04. The maximum atomic E-state index is 12.5. The van der Waals surface area contributed by atoms with Crippen LogP contribution in [0.5, 0.6) is 0 Å². The maximum absolute atomic E-state index is 12.5. The highest BCUT2D eigenvalue weighted by Gasteiger charge is 2.17. The molecule has 2 aromatic carbocycles. The minimum absolute atomic E-state index is 0.0577. The predicted octanol–water partition coefficient (Wildman–Crippen LogP) is 4.03. The summed E-state index contributed by atoms with van der Waals surface area (Å²) in [6, 6.07) is 12.8. The number of esters is 1. The number of amides is 1. The third kappa shape index (κ3) is 3.37. The van der Waals surface area contributed by atoms with Gasteiger partial charge in [0.05, 0.1) is 23.4 Å². The number of carbonyl (C=O) groups excluding carboxylic acids is 2. The van der Waals surface area contributed by atoms with Crippen LogP contribution in [0, 0.1) is 6.92 Å². The maximum Gasteiger partial charge on any atom is 0.340 e. The number of carbonyl (C=O) groups is 2. The molecule has 0 bridgehead atoms. The van der Waals surface area contributed by atoms with E-state index < -0.39 is 5.97 Å². The topological polar surface area (TPSA) is 60.3 Å². The lowest BCUT2D eigenvalue weighted by Crippen LogP contribution is -2.19. The summed E-state index contributed by atoms with van der Waals surface area (Å²) in [5.74, 6) is -0.661. The number of methoxy groups -OCH3 is 1. The van der Waals surface area contributed by atoms with Crippen LogP contribution in [0.25, 0.3) is 10.9 Å². The Balaban J connectivity index is 1.90. The van der Waals surface area contributed by atoms with Crippen LogP contribution in [0.4, 0.5) is 5.69 Å². The third-order valence-electron chi connectivity index (χ3n) is 3.99. The van der Waals surface area contributed by atoms with Crippen molar-refractivity contribution in [3.63, 3.8) is 0 Å². The number of nitrogens with zero attached hydrogens (tertiary/aromatic N) is 1. The molecule has 1 amide bonds. The molecule has 6 heteroatoms. The van der Waals surface area contributed by atoms with Crippen LogP contribution in [0.1, 0.15) is 15.9 Å². The van der Waals surface area contributed by atoms with Crippen LogP contribution in [-0.4, -0.2) is 23.6 Å². The monoisotopic (exact) mass is 356 g/mol. The first-order chi connectivity index (χ1) is 12.0. The summed E-state index contributed by atoms with van der Waals surface area (Å²) in [6.45, 7) is 1.93. The number of para-hydroxylation sites is 2. The van der Waals surface area contributed by atoms with E-state index in [1.807, 2.05) is 43.3 Å². The van der Waals surface area contributed by atoms with Gasteiger partial charge in [0.2, 0.25) is 5.91 Å². The number of hydrogen-bond donors (Lipinski definition) is 1. The number of nitrogens with one attached hydrogen (secondary N) is 1. The zero-order chi connectivity index (χ0) is 18.0. The molecule has 0 saturated heterocycles. The fraction of sp³-hybridized carbons (Fsp3) is 0.158. The lowest BCUT2D eigenvalue weighted by atomic mass is 10.2. The van der Waals surface area contributed by atoms with E-state index in [9.17, 15) is 9.59 Å². The Morgan fingerprint density at radius 1 is 1.16 bits per heavy atom. The second-order valence-electron chi connectivity index (χ2n) is 5.66. The van der Waals surface area contributed by atoms with Crippen molar-refractivity contribution in [3.8, 4) is 0 Å². The van der Waals surface area contributed by atoms with Crippen molar-refractivity contribution in [2.45, 2.75) is 13.5 Å². The second kappa shape index (κ2) is 6.99. The molecule has 0 spiro atoms. The molecule has 1 aromatic heterocycles. The van der Waals surface area contributed by atoms with E-state index in [4.69, 9.17) is 16.3 Å². The summed E-state index contributed by atoms with van der Waals surface area (Å²) in [7, 11) is 1.33. The Morgan fingerprint density at radius 3 is 2.64 bits per heavy atom. The molecule has 0 aliphatic heterocycles. The number of halogens is 1. The highest BCUT2D eigenvalue weighted by Crippen LogP contribution is 2.26. The second-order valence-corrected chi connectivity index (χ2v) is 6.07. The van der Waals surface area contributed by atoms with Crippen molar-refractivity contribution in [1.29, 1.82) is 0 Å². The number of rotatable bonds is 4. The van der Waals surface area contributed by atoms with Crippen LogP contribution in [0.3, 0.4) is 0 Å². The lowest BCUT2D eigenvalue weighted by Gasteiger charge is -2.11. The number of anilines is 1. The van der Waals surface area contributed by atoms with Gasteiger partial charge < -0.3 is 14.6 Å². The molecule has 0 atom stereocenters. The van der Waals surface area contributed by atoms with Gasteiger partial charge in [-0.1, -0.05) is 41.9 Å². The van der Waals surface area contributed by atoms with Gasteiger partial charge in [0, 0.05) is 17.1 Å². The molecule has 3 aromatic rings. The van der Waals surface area contributed by atoms with Crippen molar-refractivity contribution in [2.75, 3.05) is 12.4 Å². The minimum atomic E-state index is -0.433. The van der Waals surface area contributed by atoms with Crippen molar-refractivity contribution < 1.29 is 14.3 Å². The van der Waals surface area contributed by atoms with Crippen LogP contribution in [-0.2, 0) is 16.1 Å². The fourth-order valence-electron chi connectivity index (χ4n) is 2.77. The van der Waals surface area contributed by atoms with Gasteiger partial charge in [0.15, 0.2) is 0 Å². The number of ether oxygens (including phenoxy) is 1. The molecule has 0 unspecified atom stereocenters. The molecule has 1 N–H and O–H groups in total. The van der Waals surface area contributed by atoms with E-state index in [1.54, 1.807) is 16.8 Å². The first-order valence-corrected chi connectivity index (χ1v) is 8.10. The predicted molar refractivity (Wildman–Crippen MR) is 98.1 cm³/mol. The Hall–Kier alpha value is -2.79. The number of fused-ring (bicyclic) bond motifs is 1. The first-order valence-electron chi connectivity index (χ1n) is 7.72. The molecule has 0 aliphatic rings. The Bertz CT molecular complexity index is 942. The zero-order valence-corrected chi connectivity index (χ0v) is 14.6. The lowest BCUT2D eigenvalue weighted by molar-refractivity contribution is -0.116. The molecule has 25 heavy (non-hydrogen) atoms. The number of benzene rings is 2. The number of aryl methyl sites for hydroxylation is 1. The summed E-state index contributed by atoms with van der Waals surface area (Å²) in [5, 5.41) is 4.07. The van der Waals surface area contributed by atoms with Crippen molar-refractivity contribution in [2.24, 2.45) is 0 Å². The van der Waals surface area contributed by atoms with Crippen molar-refractivity contribution >= 4 is 40.1 Å². The van der Waals surface area contributed by atoms with Gasteiger partial charge in [-0.05, 0) is 24.6 Å². The van der Waals surface area contributed by atoms with E-state index in [1.165, 1.54) is 7.11 Å². The van der Waals surface area contributed by atoms with Crippen LogP contribution >= 0.6 is 11.6 Å². The molecule has 128 valence electrons. The average molecular weight is 357 g/mol. The van der Waals surface area contributed by atoms with Crippen LogP contribution < -0.4 is 5.32 Å². The minimum Gasteiger partial charge on any atom is -0.465 e. The molecule has 3 rings (SSSR count). The Labute approximate surface area is 150 Å². The van der Waals surface area contributed by atoms with E-state index in [2.05, 4.69) is 5.32 Å². The van der Waals surface area contributed by atoms with Gasteiger partial charge in [0.25, 0.3) is 0 Å². The quantitative estimate of drug-likeness (QED) is 0.718. The van der Waals surface area contributed by atoms with Gasteiger partial charge in [-0.3, -0.25) is 4.79 Å². The van der Waals surface area contributed by atoms with E-state index in [-0.39, 0.29) is 12.5 Å². The Morgan fingerprint density at radius 2 is 1.92 bits per heavy atom. The molecule has 0 aliphatic carbocycles. The molecule has 0 radical (unpaired) electrons. The average Bonchev–Trinajstić information content (AvgIpc) is 2.96. The molecule has 0 fully saturated rings. The van der Waals surface area contributed by atoms with Gasteiger partial charge in [-0.15, -0.1) is 0 Å². The van der Waals surface area contributed by atoms with Crippen molar-refractivity contribution in [3.05, 3.63) is 64.8 Å². The highest BCUT2D eigenvalue weighted by atomic mass is 35.5. The summed E-state index contributed by atoms with van der Waals surface area (Å²) in [4.78, 5) is 24.4. The Kier molecular flexibility index (Phi) is 4.76. The van der Waals surface area contributed by atoms with Gasteiger partial charge >= 0.3 is 5.97 Å². The normalized spacial score (nSPS) is 10.7. The van der Waals surface area contributed by atoms with Crippen LogP contribution in [0.15, 0.2) is 48.7 Å². The summed E-state index contributed by atoms with van der Waals surface area (Å²) in [5.41, 5.74) is 2.70. The van der Waals surface area contributed by atoms with Gasteiger partial charge in [-0.25, -0.2) is 4.79 Å².